The van der Waals surface area contributed by atoms with E-state index >= 15 is 0 Å². The van der Waals surface area contributed by atoms with Gasteiger partial charge in [-0.1, -0.05) is 54.1 Å². The first-order valence-electron chi connectivity index (χ1n) is 7.68. The quantitative estimate of drug-likeness (QED) is 0.347. The molecule has 0 saturated carbocycles. The Bertz CT molecular complexity index is 923. The average molecular weight is 371 g/mol. The fourth-order valence-electron chi connectivity index (χ4n) is 2.33. The summed E-state index contributed by atoms with van der Waals surface area (Å²) in [5.74, 6) is -0.540. The third-order valence-electron chi connectivity index (χ3n) is 3.59. The zero-order chi connectivity index (χ0) is 17.6. The summed E-state index contributed by atoms with van der Waals surface area (Å²) in [6, 6.07) is 20.6. The first-order chi connectivity index (χ1) is 12.1. The van der Waals surface area contributed by atoms with E-state index in [1.54, 1.807) is 24.3 Å². The topological polar surface area (TPSA) is 43.4 Å². The summed E-state index contributed by atoms with van der Waals surface area (Å²) in [5.41, 5.74) is 0.433. The number of hydrogen-bond acceptors (Lipinski definition) is 4. The van der Waals surface area contributed by atoms with Crippen molar-refractivity contribution in [1.29, 1.82) is 0 Å². The minimum absolute atomic E-state index is 0.154. The first-order valence-corrected chi connectivity index (χ1v) is 9.04. The van der Waals surface area contributed by atoms with Crippen LogP contribution in [0, 0.1) is 0 Å². The van der Waals surface area contributed by atoms with Gasteiger partial charge in [-0.3, -0.25) is 9.59 Å². The van der Waals surface area contributed by atoms with Gasteiger partial charge in [-0.15, -0.1) is 11.8 Å². The van der Waals surface area contributed by atoms with Crippen molar-refractivity contribution < 1.29 is 14.3 Å². The van der Waals surface area contributed by atoms with E-state index in [2.05, 4.69) is 0 Å². The van der Waals surface area contributed by atoms with Gasteiger partial charge in [-0.25, -0.2) is 0 Å². The highest BCUT2D eigenvalue weighted by molar-refractivity contribution is 8.00. The highest BCUT2D eigenvalue weighted by Crippen LogP contribution is 2.23. The smallest absolute Gasteiger partial charge is 0.316 e. The number of benzene rings is 3. The number of ether oxygens (including phenoxy) is 1. The monoisotopic (exact) mass is 370 g/mol. The largest absolute Gasteiger partial charge is 0.457 e. The molecule has 0 aliphatic rings. The predicted molar refractivity (Wildman–Crippen MR) is 101 cm³/mol. The number of Topliss-reactive ketones (excluding diaryl/α,β-unsaturated/α-hetero) is 1. The number of esters is 1. The molecule has 0 heterocycles. The van der Waals surface area contributed by atoms with Crippen molar-refractivity contribution >= 4 is 45.9 Å². The second-order valence-corrected chi connectivity index (χ2v) is 6.88. The van der Waals surface area contributed by atoms with Gasteiger partial charge in [-0.05, 0) is 35.0 Å². The molecule has 25 heavy (non-hydrogen) atoms. The molecule has 0 aliphatic carbocycles. The highest BCUT2D eigenvalue weighted by atomic mass is 35.5. The summed E-state index contributed by atoms with van der Waals surface area (Å²) in [4.78, 5) is 24.8. The molecule has 0 amide bonds. The van der Waals surface area contributed by atoms with E-state index in [-0.39, 0.29) is 18.1 Å². The molecule has 3 rings (SSSR count). The molecule has 0 bridgehead atoms. The van der Waals surface area contributed by atoms with Gasteiger partial charge in [0.15, 0.2) is 12.4 Å². The molecule has 0 atom stereocenters. The Morgan fingerprint density at radius 1 is 0.920 bits per heavy atom. The number of hydrogen-bond donors (Lipinski definition) is 0. The van der Waals surface area contributed by atoms with E-state index in [9.17, 15) is 9.59 Å². The lowest BCUT2D eigenvalue weighted by Gasteiger charge is -2.06. The van der Waals surface area contributed by atoms with Gasteiger partial charge in [0.05, 0.1) is 5.75 Å². The standard InChI is InChI=1S/C20H15ClO3S/c21-17-7-3-6-16(10-17)19(22)12-24-20(23)13-25-18-9-8-14-4-1-2-5-15(14)11-18/h1-11H,12-13H2. The average Bonchev–Trinajstić information content (AvgIpc) is 2.64. The summed E-state index contributed by atoms with van der Waals surface area (Å²) >= 11 is 7.23. The fraction of sp³-hybridized carbons (Fsp3) is 0.100. The minimum Gasteiger partial charge on any atom is -0.457 e. The van der Waals surface area contributed by atoms with Crippen molar-refractivity contribution in [3.63, 3.8) is 0 Å². The number of thioether (sulfide) groups is 1. The molecule has 126 valence electrons. The molecular formula is C20H15ClO3S. The van der Waals surface area contributed by atoms with Crippen LogP contribution in [0.5, 0.6) is 0 Å². The van der Waals surface area contributed by atoms with E-state index < -0.39 is 5.97 Å². The maximum atomic E-state index is 12.0. The van der Waals surface area contributed by atoms with Crippen LogP contribution in [-0.2, 0) is 9.53 Å². The van der Waals surface area contributed by atoms with Crippen LogP contribution in [-0.4, -0.2) is 24.1 Å². The van der Waals surface area contributed by atoms with Gasteiger partial charge in [0.1, 0.15) is 0 Å². The summed E-state index contributed by atoms with van der Waals surface area (Å²) in [5, 5.41) is 2.75. The maximum Gasteiger partial charge on any atom is 0.316 e. The normalized spacial score (nSPS) is 10.6. The minimum atomic E-state index is -0.423. The fourth-order valence-corrected chi connectivity index (χ4v) is 3.27. The summed E-state index contributed by atoms with van der Waals surface area (Å²) < 4.78 is 5.05. The number of carbonyl (C=O) groups excluding carboxylic acids is 2. The van der Waals surface area contributed by atoms with E-state index in [4.69, 9.17) is 16.3 Å². The van der Waals surface area contributed by atoms with E-state index in [1.165, 1.54) is 11.8 Å². The zero-order valence-electron chi connectivity index (χ0n) is 13.3. The van der Waals surface area contributed by atoms with Crippen molar-refractivity contribution in [2.75, 3.05) is 12.4 Å². The Kier molecular flexibility index (Phi) is 5.74. The predicted octanol–water partition coefficient (Wildman–Crippen LogP) is 5.01. The van der Waals surface area contributed by atoms with Gasteiger partial charge < -0.3 is 4.74 Å². The van der Waals surface area contributed by atoms with E-state index in [1.807, 2.05) is 42.5 Å². The third-order valence-corrected chi connectivity index (χ3v) is 4.79. The van der Waals surface area contributed by atoms with Gasteiger partial charge in [-0.2, -0.15) is 0 Å². The molecular weight excluding hydrogens is 356 g/mol. The molecule has 0 unspecified atom stereocenters. The summed E-state index contributed by atoms with van der Waals surface area (Å²) in [6.45, 7) is -0.280. The Hall–Kier alpha value is -2.30. The molecule has 0 N–H and O–H groups in total. The van der Waals surface area contributed by atoms with Crippen molar-refractivity contribution in [2.24, 2.45) is 0 Å². The van der Waals surface area contributed by atoms with Crippen molar-refractivity contribution in [1.82, 2.24) is 0 Å². The van der Waals surface area contributed by atoms with Crippen molar-refractivity contribution in [2.45, 2.75) is 4.90 Å². The molecule has 0 radical (unpaired) electrons. The number of ketones is 1. The van der Waals surface area contributed by atoms with Crippen LogP contribution < -0.4 is 0 Å². The molecule has 3 aromatic carbocycles. The molecule has 0 aliphatic heterocycles. The van der Waals surface area contributed by atoms with Crippen LogP contribution in [0.1, 0.15) is 10.4 Å². The van der Waals surface area contributed by atoms with Gasteiger partial charge in [0.2, 0.25) is 0 Å². The molecule has 0 aromatic heterocycles. The number of carbonyl (C=O) groups is 2. The zero-order valence-corrected chi connectivity index (χ0v) is 14.8. The van der Waals surface area contributed by atoms with Crippen LogP contribution in [0.3, 0.4) is 0 Å². The van der Waals surface area contributed by atoms with Crippen LogP contribution in [0.15, 0.2) is 71.6 Å². The summed E-state index contributed by atoms with van der Waals surface area (Å²) in [7, 11) is 0. The lowest BCUT2D eigenvalue weighted by molar-refractivity contribution is -0.139. The Morgan fingerprint density at radius 3 is 2.52 bits per heavy atom. The van der Waals surface area contributed by atoms with Crippen LogP contribution >= 0.6 is 23.4 Å². The van der Waals surface area contributed by atoms with E-state index in [0.717, 1.165) is 15.7 Å². The van der Waals surface area contributed by atoms with Crippen molar-refractivity contribution in [3.8, 4) is 0 Å². The number of halogens is 1. The maximum absolute atomic E-state index is 12.0. The number of fused-ring (bicyclic) bond motifs is 1. The molecule has 3 nitrogen and oxygen atoms in total. The Morgan fingerprint density at radius 2 is 1.72 bits per heavy atom. The van der Waals surface area contributed by atoms with Crippen molar-refractivity contribution in [3.05, 3.63) is 77.3 Å². The highest BCUT2D eigenvalue weighted by Gasteiger charge is 2.11. The third kappa shape index (κ3) is 4.84. The molecule has 3 aromatic rings. The molecule has 0 saturated heterocycles. The van der Waals surface area contributed by atoms with Crippen LogP contribution in [0.2, 0.25) is 5.02 Å². The Balaban J connectivity index is 1.51. The molecule has 0 spiro atoms. The summed E-state index contributed by atoms with van der Waals surface area (Å²) in [6.07, 6.45) is 0. The second-order valence-electron chi connectivity index (χ2n) is 5.39. The van der Waals surface area contributed by atoms with Gasteiger partial charge in [0, 0.05) is 15.5 Å². The lowest BCUT2D eigenvalue weighted by Crippen LogP contribution is -2.15. The van der Waals surface area contributed by atoms with E-state index in [0.29, 0.717) is 10.6 Å². The van der Waals surface area contributed by atoms with Crippen LogP contribution in [0.25, 0.3) is 10.8 Å². The molecule has 5 heteroatoms. The SMILES string of the molecule is O=C(CSc1ccc2ccccc2c1)OCC(=O)c1cccc(Cl)c1. The van der Waals surface area contributed by atoms with Gasteiger partial charge in [0.25, 0.3) is 0 Å². The molecule has 0 fully saturated rings. The van der Waals surface area contributed by atoms with Crippen LogP contribution in [0.4, 0.5) is 0 Å². The first kappa shape index (κ1) is 17.5. The number of rotatable bonds is 6. The lowest BCUT2D eigenvalue weighted by atomic mass is 10.1. The second kappa shape index (κ2) is 8.19. The Labute approximate surface area is 154 Å². The van der Waals surface area contributed by atoms with Gasteiger partial charge >= 0.3 is 5.97 Å².